The molecule has 1 heterocycles. The van der Waals surface area contributed by atoms with E-state index >= 15 is 0 Å². The van der Waals surface area contributed by atoms with Gasteiger partial charge in [0.2, 0.25) is 0 Å². The number of nitrogen functional groups attached to an aromatic ring is 2. The molecule has 0 amide bonds. The van der Waals surface area contributed by atoms with Crippen LogP contribution in [-0.4, -0.2) is 18.1 Å². The van der Waals surface area contributed by atoms with Gasteiger partial charge < -0.3 is 16.2 Å². The van der Waals surface area contributed by atoms with Gasteiger partial charge in [-0.1, -0.05) is 0 Å². The Labute approximate surface area is 84.0 Å². The number of alkyl halides is 2. The van der Waals surface area contributed by atoms with Crippen LogP contribution in [0.4, 0.5) is 20.2 Å². The Morgan fingerprint density at radius 2 is 2.13 bits per heavy atom. The monoisotopic (exact) mass is 217 g/mol. The number of pyridine rings is 1. The lowest BCUT2D eigenvalue weighted by atomic mass is 10.1. The number of aromatic nitrogens is 1. The minimum Gasteiger partial charge on any atom is -0.465 e. The third-order valence-corrected chi connectivity index (χ3v) is 1.77. The van der Waals surface area contributed by atoms with Gasteiger partial charge in [-0.3, -0.25) is 4.98 Å². The molecule has 0 bridgehead atoms. The maximum Gasteiger partial charge on any atom is 0.342 e. The van der Waals surface area contributed by atoms with Crippen LogP contribution in [0.15, 0.2) is 6.20 Å². The maximum atomic E-state index is 12.4. The fraction of sp³-hybridized carbons (Fsp3) is 0.250. The molecule has 5 nitrogen and oxygen atoms in total. The molecule has 4 N–H and O–H groups in total. The molecule has 0 aliphatic carbocycles. The van der Waals surface area contributed by atoms with Gasteiger partial charge in [0.1, 0.15) is 11.3 Å². The van der Waals surface area contributed by atoms with Gasteiger partial charge in [0, 0.05) is 0 Å². The summed E-state index contributed by atoms with van der Waals surface area (Å²) in [4.78, 5) is 14.5. The van der Waals surface area contributed by atoms with Gasteiger partial charge in [-0.2, -0.15) is 0 Å². The number of nitrogens with two attached hydrogens (primary N) is 2. The van der Waals surface area contributed by atoms with Crippen molar-refractivity contribution in [2.24, 2.45) is 0 Å². The molecule has 0 saturated heterocycles. The minimum absolute atomic E-state index is 0.0937. The van der Waals surface area contributed by atoms with Crippen LogP contribution in [0.25, 0.3) is 0 Å². The normalized spacial score (nSPS) is 10.4. The van der Waals surface area contributed by atoms with Gasteiger partial charge in [0.25, 0.3) is 6.43 Å². The number of carbonyl (C=O) groups excluding carboxylic acids is 1. The number of halogens is 2. The molecule has 0 saturated carbocycles. The Morgan fingerprint density at radius 3 is 2.60 bits per heavy atom. The maximum absolute atomic E-state index is 12.4. The average Bonchev–Trinajstić information content (AvgIpc) is 2.16. The van der Waals surface area contributed by atoms with Crippen molar-refractivity contribution in [2.75, 3.05) is 18.6 Å². The van der Waals surface area contributed by atoms with E-state index in [-0.39, 0.29) is 11.3 Å². The summed E-state index contributed by atoms with van der Waals surface area (Å²) in [5.74, 6) is -0.866. The van der Waals surface area contributed by atoms with E-state index in [0.717, 1.165) is 13.3 Å². The van der Waals surface area contributed by atoms with Crippen LogP contribution in [0.3, 0.4) is 0 Å². The van der Waals surface area contributed by atoms with Crippen molar-refractivity contribution in [3.8, 4) is 0 Å². The van der Waals surface area contributed by atoms with Crippen molar-refractivity contribution in [1.82, 2.24) is 4.98 Å². The second-order valence-corrected chi connectivity index (χ2v) is 2.68. The molecule has 0 aromatic carbocycles. The first kappa shape index (κ1) is 11.2. The average molecular weight is 217 g/mol. The highest BCUT2D eigenvalue weighted by Gasteiger charge is 2.22. The molecule has 1 rings (SSSR count). The Hall–Kier alpha value is -1.92. The Kier molecular flexibility index (Phi) is 3.03. The van der Waals surface area contributed by atoms with Crippen molar-refractivity contribution in [1.29, 1.82) is 0 Å². The van der Waals surface area contributed by atoms with E-state index in [1.54, 1.807) is 0 Å². The highest BCUT2D eigenvalue weighted by atomic mass is 19.3. The first-order valence-electron chi connectivity index (χ1n) is 3.89. The van der Waals surface area contributed by atoms with Crippen molar-refractivity contribution in [2.45, 2.75) is 6.43 Å². The van der Waals surface area contributed by atoms with Crippen molar-refractivity contribution in [3.05, 3.63) is 17.5 Å². The summed E-state index contributed by atoms with van der Waals surface area (Å²) in [6, 6.07) is 0. The highest BCUT2D eigenvalue weighted by molar-refractivity contribution is 6.00. The third-order valence-electron chi connectivity index (χ3n) is 1.77. The summed E-state index contributed by atoms with van der Waals surface area (Å²) < 4.78 is 29.1. The summed E-state index contributed by atoms with van der Waals surface area (Å²) in [6.07, 6.45) is -1.92. The van der Waals surface area contributed by atoms with Crippen LogP contribution in [0, 0.1) is 0 Å². The van der Waals surface area contributed by atoms with E-state index in [9.17, 15) is 13.6 Å². The number of esters is 1. The molecule has 0 unspecified atom stereocenters. The quantitative estimate of drug-likeness (QED) is 0.720. The highest BCUT2D eigenvalue weighted by Crippen LogP contribution is 2.29. The smallest absolute Gasteiger partial charge is 0.342 e. The molecule has 0 radical (unpaired) electrons. The standard InChI is InChI=1S/C8H9F2N3O2/c1-15-8(14)4-3(11)2-13-6(5(4)12)7(9)10/h2,7H,11-12H2,1H3. The number of anilines is 2. The van der Waals surface area contributed by atoms with Gasteiger partial charge in [-0.05, 0) is 0 Å². The van der Waals surface area contributed by atoms with Crippen molar-refractivity contribution < 1.29 is 18.3 Å². The van der Waals surface area contributed by atoms with Crippen molar-refractivity contribution >= 4 is 17.3 Å². The van der Waals surface area contributed by atoms with E-state index < -0.39 is 23.8 Å². The molecule has 82 valence electrons. The Morgan fingerprint density at radius 1 is 1.53 bits per heavy atom. The molecule has 15 heavy (non-hydrogen) atoms. The van der Waals surface area contributed by atoms with E-state index in [0.29, 0.717) is 0 Å². The van der Waals surface area contributed by atoms with E-state index in [4.69, 9.17) is 11.5 Å². The van der Waals surface area contributed by atoms with Crippen LogP contribution >= 0.6 is 0 Å². The largest absolute Gasteiger partial charge is 0.465 e. The van der Waals surface area contributed by atoms with Crippen LogP contribution in [0.2, 0.25) is 0 Å². The number of methoxy groups -OCH3 is 1. The van der Waals surface area contributed by atoms with Crippen LogP contribution in [0.1, 0.15) is 22.5 Å². The fourth-order valence-corrected chi connectivity index (χ4v) is 1.06. The molecular weight excluding hydrogens is 208 g/mol. The predicted octanol–water partition coefficient (Wildman–Crippen LogP) is 0.970. The van der Waals surface area contributed by atoms with Crippen LogP contribution < -0.4 is 11.5 Å². The zero-order valence-electron chi connectivity index (χ0n) is 7.83. The number of carbonyl (C=O) groups is 1. The number of rotatable bonds is 2. The minimum atomic E-state index is -2.87. The molecule has 1 aromatic heterocycles. The predicted molar refractivity (Wildman–Crippen MR) is 49.4 cm³/mol. The summed E-state index contributed by atoms with van der Waals surface area (Å²) in [6.45, 7) is 0. The van der Waals surface area contributed by atoms with Crippen LogP contribution in [-0.2, 0) is 4.74 Å². The number of hydrogen-bond donors (Lipinski definition) is 2. The lowest BCUT2D eigenvalue weighted by Gasteiger charge is -2.10. The first-order chi connectivity index (χ1) is 6.99. The van der Waals surface area contributed by atoms with Gasteiger partial charge in [0.15, 0.2) is 0 Å². The Bertz CT molecular complexity index is 396. The van der Waals surface area contributed by atoms with Gasteiger partial charge >= 0.3 is 5.97 Å². The zero-order valence-corrected chi connectivity index (χ0v) is 7.83. The van der Waals surface area contributed by atoms with Gasteiger partial charge in [-0.15, -0.1) is 0 Å². The molecular formula is C8H9F2N3O2. The topological polar surface area (TPSA) is 91.2 Å². The lowest BCUT2D eigenvalue weighted by molar-refractivity contribution is 0.0602. The van der Waals surface area contributed by atoms with Gasteiger partial charge in [-0.25, -0.2) is 13.6 Å². The SMILES string of the molecule is COC(=O)c1c(N)cnc(C(F)F)c1N. The van der Waals surface area contributed by atoms with Crippen LogP contribution in [0.5, 0.6) is 0 Å². The van der Waals surface area contributed by atoms with E-state index in [2.05, 4.69) is 9.72 Å². The molecule has 7 heteroatoms. The van der Waals surface area contributed by atoms with E-state index in [1.165, 1.54) is 0 Å². The van der Waals surface area contributed by atoms with Gasteiger partial charge in [0.05, 0.1) is 24.7 Å². The number of nitrogens with zero attached hydrogens (tertiary/aromatic N) is 1. The van der Waals surface area contributed by atoms with Crippen molar-refractivity contribution in [3.63, 3.8) is 0 Å². The molecule has 0 aliphatic rings. The summed E-state index contributed by atoms with van der Waals surface area (Å²) in [5.41, 5.74) is 9.22. The molecule has 0 atom stereocenters. The summed E-state index contributed by atoms with van der Waals surface area (Å²) in [7, 11) is 1.10. The summed E-state index contributed by atoms with van der Waals surface area (Å²) >= 11 is 0. The molecule has 0 spiro atoms. The Balaban J connectivity index is 3.36. The second-order valence-electron chi connectivity index (χ2n) is 2.68. The number of ether oxygens (including phenoxy) is 1. The third kappa shape index (κ3) is 1.95. The second kappa shape index (κ2) is 4.07. The number of hydrogen-bond acceptors (Lipinski definition) is 5. The molecule has 0 aliphatic heterocycles. The van der Waals surface area contributed by atoms with E-state index in [1.807, 2.05) is 0 Å². The molecule has 0 fully saturated rings. The fourth-order valence-electron chi connectivity index (χ4n) is 1.06. The lowest BCUT2D eigenvalue weighted by Crippen LogP contribution is -2.13. The first-order valence-corrected chi connectivity index (χ1v) is 3.89. The summed E-state index contributed by atoms with van der Waals surface area (Å²) in [5, 5.41) is 0. The zero-order chi connectivity index (χ0) is 11.6. The molecule has 1 aromatic rings.